The summed E-state index contributed by atoms with van der Waals surface area (Å²) < 4.78 is 11.1. The average molecular weight is 521 g/mol. The van der Waals surface area contributed by atoms with E-state index in [4.69, 9.17) is 9.47 Å². The van der Waals surface area contributed by atoms with Gasteiger partial charge in [-0.3, -0.25) is 9.59 Å². The minimum Gasteiger partial charge on any atom is -0.466 e. The zero-order chi connectivity index (χ0) is 27.1. The molecule has 7 atom stereocenters. The van der Waals surface area contributed by atoms with Crippen LogP contribution in [0.1, 0.15) is 102 Å². The van der Waals surface area contributed by atoms with Crippen LogP contribution >= 0.6 is 0 Å². The maximum Gasteiger partial charge on any atom is 0.338 e. The molecule has 0 saturated heterocycles. The topological polar surface area (TPSA) is 69.7 Å². The van der Waals surface area contributed by atoms with Crippen molar-refractivity contribution in [2.24, 2.45) is 34.5 Å². The first-order valence-corrected chi connectivity index (χ1v) is 14.9. The second-order valence-electron chi connectivity index (χ2n) is 12.9. The van der Waals surface area contributed by atoms with Gasteiger partial charge in [0, 0.05) is 18.4 Å². The van der Waals surface area contributed by atoms with Crippen molar-refractivity contribution in [3.63, 3.8) is 0 Å². The second kappa shape index (κ2) is 10.6. The Kier molecular flexibility index (Phi) is 7.59. The SMILES string of the molecule is CCOC(=O)CC[C@H](C)[C@H]1CC(=O)C2=C3CC[C@H]4C[C@@H](OC(=O)c5ccccc5)CC[C@]4(C)[C@H]3CC[C@@]21C. The van der Waals surface area contributed by atoms with E-state index in [0.717, 1.165) is 56.9 Å². The smallest absolute Gasteiger partial charge is 0.338 e. The van der Waals surface area contributed by atoms with Gasteiger partial charge in [0.1, 0.15) is 6.10 Å². The molecule has 0 unspecified atom stereocenters. The largest absolute Gasteiger partial charge is 0.466 e. The number of Topliss-reactive ketones (excluding diaryl/α,β-unsaturated/α-hetero) is 1. The molecule has 3 saturated carbocycles. The van der Waals surface area contributed by atoms with Crippen LogP contribution in [0.15, 0.2) is 41.5 Å². The normalized spacial score (nSPS) is 35.1. The highest BCUT2D eigenvalue weighted by Gasteiger charge is 2.58. The second-order valence-corrected chi connectivity index (χ2v) is 12.9. The minimum absolute atomic E-state index is 0.0263. The predicted molar refractivity (Wildman–Crippen MR) is 146 cm³/mol. The van der Waals surface area contributed by atoms with Crippen LogP contribution in [0.4, 0.5) is 0 Å². The first-order valence-electron chi connectivity index (χ1n) is 14.9. The van der Waals surface area contributed by atoms with E-state index in [1.54, 1.807) is 0 Å². The zero-order valence-corrected chi connectivity index (χ0v) is 23.6. The highest BCUT2D eigenvalue weighted by atomic mass is 16.5. The van der Waals surface area contributed by atoms with E-state index in [1.165, 1.54) is 5.57 Å². The lowest BCUT2D eigenvalue weighted by molar-refractivity contribution is -0.143. The van der Waals surface area contributed by atoms with Gasteiger partial charge in [-0.2, -0.15) is 0 Å². The van der Waals surface area contributed by atoms with Crippen LogP contribution in [0.2, 0.25) is 0 Å². The number of ketones is 1. The number of ether oxygens (including phenoxy) is 2. The molecule has 0 radical (unpaired) electrons. The third-order valence-electron chi connectivity index (χ3n) is 10.9. The fraction of sp³-hybridized carbons (Fsp3) is 0.667. The number of allylic oxidation sites excluding steroid dienone is 2. The van der Waals surface area contributed by atoms with Crippen LogP contribution < -0.4 is 0 Å². The number of esters is 2. The van der Waals surface area contributed by atoms with Crippen molar-refractivity contribution in [2.45, 2.75) is 98.0 Å². The van der Waals surface area contributed by atoms with Crippen LogP contribution in [-0.2, 0) is 19.1 Å². The number of carbonyl (C=O) groups is 3. The van der Waals surface area contributed by atoms with Gasteiger partial charge in [-0.1, -0.05) is 44.5 Å². The summed E-state index contributed by atoms with van der Waals surface area (Å²) in [6, 6.07) is 9.29. The van der Waals surface area contributed by atoms with Crippen molar-refractivity contribution >= 4 is 17.7 Å². The van der Waals surface area contributed by atoms with Gasteiger partial charge in [-0.15, -0.1) is 0 Å². The Hall–Kier alpha value is -2.43. The van der Waals surface area contributed by atoms with E-state index in [1.807, 2.05) is 37.3 Å². The number of fused-ring (bicyclic) bond motifs is 4. The fourth-order valence-electron chi connectivity index (χ4n) is 8.83. The number of hydrogen-bond acceptors (Lipinski definition) is 5. The Bertz CT molecular complexity index is 1110. The number of carbonyl (C=O) groups excluding carboxylic acids is 3. The van der Waals surface area contributed by atoms with Gasteiger partial charge >= 0.3 is 11.9 Å². The quantitative estimate of drug-likeness (QED) is 0.359. The molecule has 0 spiro atoms. The van der Waals surface area contributed by atoms with Crippen LogP contribution in [-0.4, -0.2) is 30.4 Å². The molecule has 0 N–H and O–H groups in total. The van der Waals surface area contributed by atoms with Gasteiger partial charge in [-0.25, -0.2) is 4.79 Å². The van der Waals surface area contributed by atoms with Crippen LogP contribution in [0.3, 0.4) is 0 Å². The Balaban J connectivity index is 1.30. The summed E-state index contributed by atoms with van der Waals surface area (Å²) in [4.78, 5) is 38.3. The maximum atomic E-state index is 13.6. The molecule has 4 aliphatic carbocycles. The van der Waals surface area contributed by atoms with E-state index < -0.39 is 0 Å². The van der Waals surface area contributed by atoms with E-state index in [9.17, 15) is 14.4 Å². The summed E-state index contributed by atoms with van der Waals surface area (Å²) in [5.74, 6) is 1.58. The average Bonchev–Trinajstić information content (AvgIpc) is 3.18. The Morgan fingerprint density at radius 3 is 2.58 bits per heavy atom. The number of rotatable bonds is 7. The highest BCUT2D eigenvalue weighted by molar-refractivity contribution is 6.00. The van der Waals surface area contributed by atoms with Crippen molar-refractivity contribution in [3.05, 3.63) is 47.0 Å². The summed E-state index contributed by atoms with van der Waals surface area (Å²) in [6.45, 7) is 9.25. The molecule has 5 heteroatoms. The fourth-order valence-corrected chi connectivity index (χ4v) is 8.83. The van der Waals surface area contributed by atoms with Crippen molar-refractivity contribution < 1.29 is 23.9 Å². The minimum atomic E-state index is -0.217. The molecule has 206 valence electrons. The molecule has 0 aliphatic heterocycles. The van der Waals surface area contributed by atoms with Gasteiger partial charge in [0.25, 0.3) is 0 Å². The van der Waals surface area contributed by atoms with E-state index in [2.05, 4.69) is 20.8 Å². The van der Waals surface area contributed by atoms with Crippen molar-refractivity contribution in [3.8, 4) is 0 Å². The van der Waals surface area contributed by atoms with E-state index in [0.29, 0.717) is 54.5 Å². The lowest BCUT2D eigenvalue weighted by Gasteiger charge is -2.56. The molecule has 4 aliphatic rings. The third kappa shape index (κ3) is 4.75. The first-order chi connectivity index (χ1) is 18.2. The van der Waals surface area contributed by atoms with Gasteiger partial charge in [0.05, 0.1) is 12.2 Å². The summed E-state index contributed by atoms with van der Waals surface area (Å²) in [6.07, 6.45) is 8.89. The lowest BCUT2D eigenvalue weighted by Crippen LogP contribution is -2.49. The molecule has 1 aromatic carbocycles. The van der Waals surface area contributed by atoms with Gasteiger partial charge in [-0.05, 0) is 105 Å². The highest BCUT2D eigenvalue weighted by Crippen LogP contribution is 2.65. The van der Waals surface area contributed by atoms with Gasteiger partial charge in [0.15, 0.2) is 5.78 Å². The molecule has 0 aromatic heterocycles. The van der Waals surface area contributed by atoms with Crippen molar-refractivity contribution in [1.29, 1.82) is 0 Å². The summed E-state index contributed by atoms with van der Waals surface area (Å²) in [5.41, 5.74) is 3.30. The maximum absolute atomic E-state index is 13.6. The predicted octanol–water partition coefficient (Wildman–Crippen LogP) is 7.09. The van der Waals surface area contributed by atoms with Crippen LogP contribution in [0, 0.1) is 34.5 Å². The number of benzene rings is 1. The molecular formula is C33H44O5. The van der Waals surface area contributed by atoms with Crippen LogP contribution in [0.5, 0.6) is 0 Å². The van der Waals surface area contributed by atoms with Gasteiger partial charge in [0.2, 0.25) is 0 Å². The molecule has 1 aromatic rings. The van der Waals surface area contributed by atoms with E-state index in [-0.39, 0.29) is 28.9 Å². The molecular weight excluding hydrogens is 476 g/mol. The van der Waals surface area contributed by atoms with E-state index >= 15 is 0 Å². The number of hydrogen-bond donors (Lipinski definition) is 0. The zero-order valence-electron chi connectivity index (χ0n) is 23.6. The molecule has 3 fully saturated rings. The van der Waals surface area contributed by atoms with Crippen LogP contribution in [0.25, 0.3) is 0 Å². The molecule has 0 heterocycles. The van der Waals surface area contributed by atoms with Crippen molar-refractivity contribution in [1.82, 2.24) is 0 Å². The molecule has 38 heavy (non-hydrogen) atoms. The first kappa shape index (κ1) is 27.1. The molecule has 0 bridgehead atoms. The lowest BCUT2D eigenvalue weighted by atomic mass is 9.48. The Morgan fingerprint density at radius 2 is 1.84 bits per heavy atom. The van der Waals surface area contributed by atoms with Gasteiger partial charge < -0.3 is 9.47 Å². The summed E-state index contributed by atoms with van der Waals surface area (Å²) >= 11 is 0. The van der Waals surface area contributed by atoms with Crippen molar-refractivity contribution in [2.75, 3.05) is 6.61 Å². The Labute approximate surface area is 227 Å². The molecule has 0 amide bonds. The molecule has 5 nitrogen and oxygen atoms in total. The standard InChI is InChI=1S/C33H44O5/c1-5-37-29(35)14-11-21(2)27-20-28(34)30-25-13-12-23-19-24(38-31(36)22-9-7-6-8-10-22)15-17-32(23,3)26(25)16-18-33(27,30)4/h6-10,21,23-24,26-27H,5,11-20H2,1-4H3/t21-,23-,24-,26-,27+,32-,33+/m0/s1. The summed E-state index contributed by atoms with van der Waals surface area (Å²) in [7, 11) is 0. The molecule has 5 rings (SSSR count). The Morgan fingerprint density at radius 1 is 1.08 bits per heavy atom. The monoisotopic (exact) mass is 520 g/mol. The third-order valence-corrected chi connectivity index (χ3v) is 10.9. The summed E-state index contributed by atoms with van der Waals surface area (Å²) in [5, 5.41) is 0.